The third kappa shape index (κ3) is 2.22. The molecular formula is C12H9N3O2. The van der Waals surface area contributed by atoms with Gasteiger partial charge in [0.05, 0.1) is 23.9 Å². The van der Waals surface area contributed by atoms with Gasteiger partial charge in [-0.25, -0.2) is 4.68 Å². The van der Waals surface area contributed by atoms with Crippen LogP contribution in [-0.2, 0) is 6.61 Å². The maximum Gasteiger partial charge on any atom is 0.205 e. The molecule has 17 heavy (non-hydrogen) atoms. The normalized spacial score (nSPS) is 9.88. The quantitative estimate of drug-likeness (QED) is 0.814. The minimum Gasteiger partial charge on any atom is -0.390 e. The van der Waals surface area contributed by atoms with Gasteiger partial charge in [-0.15, -0.1) is 0 Å². The van der Waals surface area contributed by atoms with Crippen LogP contribution in [0.2, 0.25) is 0 Å². The van der Waals surface area contributed by atoms with Crippen molar-refractivity contribution in [2.75, 3.05) is 0 Å². The monoisotopic (exact) mass is 227 g/mol. The molecule has 0 saturated carbocycles. The van der Waals surface area contributed by atoms with Gasteiger partial charge in [0.15, 0.2) is 0 Å². The summed E-state index contributed by atoms with van der Waals surface area (Å²) in [5, 5.41) is 21.7. The molecule has 0 saturated heterocycles. The highest BCUT2D eigenvalue weighted by Gasteiger charge is 2.02. The fourth-order valence-electron chi connectivity index (χ4n) is 1.42. The smallest absolute Gasteiger partial charge is 0.205 e. The standard InChI is InChI=1S/C12H9N3O2/c13-7-9-2-1-3-10(6-9)15-5-4-12(17)11(8-16)14-15/h1-6,16H,8H2. The second kappa shape index (κ2) is 4.60. The second-order valence-corrected chi connectivity index (χ2v) is 3.39. The van der Waals surface area contributed by atoms with E-state index in [2.05, 4.69) is 5.10 Å². The van der Waals surface area contributed by atoms with Crippen LogP contribution in [0, 0.1) is 11.3 Å². The van der Waals surface area contributed by atoms with Gasteiger partial charge in [-0.2, -0.15) is 10.4 Å². The molecule has 0 spiro atoms. The van der Waals surface area contributed by atoms with Crippen molar-refractivity contribution in [2.24, 2.45) is 0 Å². The Morgan fingerprint density at radius 1 is 1.41 bits per heavy atom. The lowest BCUT2D eigenvalue weighted by Crippen LogP contribution is -2.15. The van der Waals surface area contributed by atoms with Crippen molar-refractivity contribution in [3.05, 3.63) is 58.0 Å². The molecule has 5 heteroatoms. The SMILES string of the molecule is N#Cc1cccc(-n2ccc(=O)c(CO)n2)c1. The van der Waals surface area contributed by atoms with Crippen LogP contribution in [0.25, 0.3) is 5.69 Å². The van der Waals surface area contributed by atoms with Crippen LogP contribution in [0.4, 0.5) is 0 Å². The van der Waals surface area contributed by atoms with Crippen LogP contribution in [0.5, 0.6) is 0 Å². The fourth-order valence-corrected chi connectivity index (χ4v) is 1.42. The molecule has 1 aromatic heterocycles. The zero-order valence-electron chi connectivity index (χ0n) is 8.87. The van der Waals surface area contributed by atoms with Gasteiger partial charge in [0.1, 0.15) is 5.69 Å². The minimum atomic E-state index is -0.405. The molecule has 84 valence electrons. The lowest BCUT2D eigenvalue weighted by Gasteiger charge is -2.06. The summed E-state index contributed by atoms with van der Waals surface area (Å²) in [4.78, 5) is 11.3. The van der Waals surface area contributed by atoms with E-state index in [0.29, 0.717) is 11.3 Å². The summed E-state index contributed by atoms with van der Waals surface area (Å²) < 4.78 is 1.45. The average molecular weight is 227 g/mol. The van der Waals surface area contributed by atoms with E-state index in [1.165, 1.54) is 16.9 Å². The van der Waals surface area contributed by atoms with Crippen LogP contribution >= 0.6 is 0 Å². The molecule has 0 fully saturated rings. The predicted molar refractivity (Wildman–Crippen MR) is 60.5 cm³/mol. The van der Waals surface area contributed by atoms with E-state index in [-0.39, 0.29) is 11.1 Å². The van der Waals surface area contributed by atoms with Gasteiger partial charge in [-0.3, -0.25) is 4.79 Å². The van der Waals surface area contributed by atoms with Crippen molar-refractivity contribution >= 4 is 0 Å². The van der Waals surface area contributed by atoms with Gasteiger partial charge in [0.2, 0.25) is 5.43 Å². The Morgan fingerprint density at radius 2 is 2.24 bits per heavy atom. The third-order valence-electron chi connectivity index (χ3n) is 2.27. The molecule has 0 atom stereocenters. The first-order valence-corrected chi connectivity index (χ1v) is 4.95. The molecule has 0 aliphatic rings. The van der Waals surface area contributed by atoms with Crippen LogP contribution in [-0.4, -0.2) is 14.9 Å². The highest BCUT2D eigenvalue weighted by atomic mass is 16.3. The molecule has 2 aromatic rings. The van der Waals surface area contributed by atoms with Gasteiger partial charge in [-0.1, -0.05) is 6.07 Å². The first kappa shape index (κ1) is 11.0. The Morgan fingerprint density at radius 3 is 2.94 bits per heavy atom. The number of rotatable bonds is 2. The lowest BCUT2D eigenvalue weighted by atomic mass is 10.2. The molecule has 1 heterocycles. The van der Waals surface area contributed by atoms with E-state index < -0.39 is 6.61 Å². The van der Waals surface area contributed by atoms with Crippen molar-refractivity contribution in [1.82, 2.24) is 9.78 Å². The summed E-state index contributed by atoms with van der Waals surface area (Å²) in [6, 6.07) is 10.2. The van der Waals surface area contributed by atoms with Crippen LogP contribution in [0.1, 0.15) is 11.3 Å². The Labute approximate surface area is 97.2 Å². The summed E-state index contributed by atoms with van der Waals surface area (Å²) in [7, 11) is 0. The van der Waals surface area contributed by atoms with Gasteiger partial charge < -0.3 is 5.11 Å². The zero-order chi connectivity index (χ0) is 12.3. The Bertz CT molecular complexity index is 641. The molecule has 5 nitrogen and oxygen atoms in total. The molecule has 0 bridgehead atoms. The van der Waals surface area contributed by atoms with Crippen molar-refractivity contribution in [1.29, 1.82) is 5.26 Å². The summed E-state index contributed by atoms with van der Waals surface area (Å²) in [5.41, 5.74) is 0.947. The molecule has 2 rings (SSSR count). The minimum absolute atomic E-state index is 0.0786. The molecular weight excluding hydrogens is 218 g/mol. The van der Waals surface area contributed by atoms with Crippen LogP contribution in [0.3, 0.4) is 0 Å². The third-order valence-corrected chi connectivity index (χ3v) is 2.27. The van der Waals surface area contributed by atoms with E-state index >= 15 is 0 Å². The van der Waals surface area contributed by atoms with Crippen molar-refractivity contribution < 1.29 is 5.11 Å². The van der Waals surface area contributed by atoms with Crippen molar-refractivity contribution in [2.45, 2.75) is 6.61 Å². The number of aliphatic hydroxyl groups excluding tert-OH is 1. The van der Waals surface area contributed by atoms with Crippen molar-refractivity contribution in [3.63, 3.8) is 0 Å². The first-order chi connectivity index (χ1) is 8.24. The van der Waals surface area contributed by atoms with E-state index in [1.807, 2.05) is 6.07 Å². The summed E-state index contributed by atoms with van der Waals surface area (Å²) in [6.07, 6.45) is 1.50. The molecule has 1 N–H and O–H groups in total. The highest BCUT2D eigenvalue weighted by Crippen LogP contribution is 2.08. The number of benzene rings is 1. The van der Waals surface area contributed by atoms with Gasteiger partial charge in [0, 0.05) is 12.3 Å². The highest BCUT2D eigenvalue weighted by molar-refractivity contribution is 5.40. The lowest BCUT2D eigenvalue weighted by molar-refractivity contribution is 0.273. The summed E-state index contributed by atoms with van der Waals surface area (Å²) in [5.74, 6) is 0. The topological polar surface area (TPSA) is 78.9 Å². The maximum atomic E-state index is 11.3. The number of hydrogen-bond donors (Lipinski definition) is 1. The Balaban J connectivity index is 2.53. The Kier molecular flexibility index (Phi) is 2.99. The van der Waals surface area contributed by atoms with Gasteiger partial charge in [0.25, 0.3) is 0 Å². The summed E-state index contributed by atoms with van der Waals surface area (Å²) >= 11 is 0. The Hall–Kier alpha value is -2.45. The molecule has 0 amide bonds. The van der Waals surface area contributed by atoms with E-state index in [1.54, 1.807) is 24.3 Å². The largest absolute Gasteiger partial charge is 0.390 e. The van der Waals surface area contributed by atoms with Crippen LogP contribution < -0.4 is 5.43 Å². The van der Waals surface area contributed by atoms with Gasteiger partial charge >= 0.3 is 0 Å². The second-order valence-electron chi connectivity index (χ2n) is 3.39. The van der Waals surface area contributed by atoms with Crippen molar-refractivity contribution in [3.8, 4) is 11.8 Å². The number of aliphatic hydroxyl groups is 1. The predicted octanol–water partition coefficient (Wildman–Crippen LogP) is 0.596. The zero-order valence-corrected chi connectivity index (χ0v) is 8.87. The molecule has 0 aliphatic heterocycles. The first-order valence-electron chi connectivity index (χ1n) is 4.95. The summed E-state index contributed by atoms with van der Waals surface area (Å²) in [6.45, 7) is -0.405. The van der Waals surface area contributed by atoms with Gasteiger partial charge in [-0.05, 0) is 18.2 Å². The molecule has 0 aliphatic carbocycles. The van der Waals surface area contributed by atoms with E-state index in [4.69, 9.17) is 10.4 Å². The number of aromatic nitrogens is 2. The number of nitriles is 1. The van der Waals surface area contributed by atoms with E-state index in [9.17, 15) is 4.79 Å². The fraction of sp³-hybridized carbons (Fsp3) is 0.0833. The van der Waals surface area contributed by atoms with Crippen LogP contribution in [0.15, 0.2) is 41.3 Å². The number of hydrogen-bond acceptors (Lipinski definition) is 4. The van der Waals surface area contributed by atoms with E-state index in [0.717, 1.165) is 0 Å². The maximum absolute atomic E-state index is 11.3. The molecule has 0 radical (unpaired) electrons. The number of nitrogens with zero attached hydrogens (tertiary/aromatic N) is 3. The molecule has 0 unspecified atom stereocenters. The molecule has 1 aromatic carbocycles. The average Bonchev–Trinajstić information content (AvgIpc) is 2.39.